The Balaban J connectivity index is 1.86. The highest BCUT2D eigenvalue weighted by Crippen LogP contribution is 2.28. The second-order valence-electron chi connectivity index (χ2n) is 5.39. The van der Waals surface area contributed by atoms with E-state index in [0.717, 1.165) is 11.4 Å². The number of aliphatic hydroxyl groups is 1. The van der Waals surface area contributed by atoms with Gasteiger partial charge in [-0.15, -0.1) is 11.3 Å². The molecular weight excluding hydrogens is 270 g/mol. The van der Waals surface area contributed by atoms with Crippen LogP contribution in [0.1, 0.15) is 47.8 Å². The van der Waals surface area contributed by atoms with Gasteiger partial charge >= 0.3 is 0 Å². The number of rotatable bonds is 3. The summed E-state index contributed by atoms with van der Waals surface area (Å²) in [6.45, 7) is 2.90. The van der Waals surface area contributed by atoms with E-state index >= 15 is 0 Å². The molecule has 1 aliphatic carbocycles. The van der Waals surface area contributed by atoms with Gasteiger partial charge in [0.2, 0.25) is 0 Å². The van der Waals surface area contributed by atoms with Crippen molar-refractivity contribution in [2.24, 2.45) is 11.8 Å². The van der Waals surface area contributed by atoms with Gasteiger partial charge in [-0.3, -0.25) is 4.79 Å². The van der Waals surface area contributed by atoms with Crippen LogP contribution in [0.5, 0.6) is 0 Å². The Labute approximate surface area is 124 Å². The summed E-state index contributed by atoms with van der Waals surface area (Å²) < 4.78 is 0. The molecule has 4 heteroatoms. The third-order valence-corrected chi connectivity index (χ3v) is 4.81. The van der Waals surface area contributed by atoms with E-state index in [1.807, 2.05) is 5.38 Å². The molecule has 20 heavy (non-hydrogen) atoms. The summed E-state index contributed by atoms with van der Waals surface area (Å²) in [5, 5.41) is 13.5. The number of aliphatic hydroxyl groups excluding tert-OH is 1. The Hall–Kier alpha value is -1.31. The number of carbonyl (C=O) groups excluding carboxylic acids is 1. The first-order valence-corrected chi connectivity index (χ1v) is 8.05. The van der Waals surface area contributed by atoms with Gasteiger partial charge in [0, 0.05) is 11.9 Å². The lowest BCUT2D eigenvalue weighted by molar-refractivity contribution is 0.0937. The predicted octanol–water partition coefficient (Wildman–Crippen LogP) is 2.65. The molecule has 0 aliphatic heterocycles. The van der Waals surface area contributed by atoms with Crippen LogP contribution in [0.2, 0.25) is 0 Å². The molecule has 1 fully saturated rings. The normalized spacial score (nSPS) is 21.9. The molecule has 1 aromatic rings. The number of carbonyl (C=O) groups is 1. The monoisotopic (exact) mass is 291 g/mol. The number of nitrogens with one attached hydrogen (secondary N) is 1. The van der Waals surface area contributed by atoms with Crippen LogP contribution in [0.3, 0.4) is 0 Å². The van der Waals surface area contributed by atoms with Crippen molar-refractivity contribution in [1.82, 2.24) is 5.32 Å². The van der Waals surface area contributed by atoms with Crippen LogP contribution in [0.25, 0.3) is 0 Å². The quantitative estimate of drug-likeness (QED) is 0.841. The van der Waals surface area contributed by atoms with Gasteiger partial charge in [0.1, 0.15) is 6.61 Å². The summed E-state index contributed by atoms with van der Waals surface area (Å²) in [6.07, 6.45) is 5.10. The van der Waals surface area contributed by atoms with Crippen molar-refractivity contribution in [3.05, 3.63) is 21.9 Å². The molecule has 2 rings (SSSR count). The van der Waals surface area contributed by atoms with E-state index in [9.17, 15) is 4.79 Å². The zero-order chi connectivity index (χ0) is 14.4. The lowest BCUT2D eigenvalue weighted by Crippen LogP contribution is -2.33. The zero-order valence-electron chi connectivity index (χ0n) is 11.8. The van der Waals surface area contributed by atoms with Crippen LogP contribution in [0.15, 0.2) is 11.4 Å². The Morgan fingerprint density at radius 2 is 2.30 bits per heavy atom. The molecule has 1 heterocycles. The van der Waals surface area contributed by atoms with E-state index in [1.165, 1.54) is 37.0 Å². The van der Waals surface area contributed by atoms with Crippen LogP contribution in [-0.2, 0) is 0 Å². The van der Waals surface area contributed by atoms with Gasteiger partial charge in [0.05, 0.1) is 10.4 Å². The van der Waals surface area contributed by atoms with Crippen molar-refractivity contribution in [2.45, 2.75) is 32.6 Å². The molecule has 0 aromatic carbocycles. The number of thiophene rings is 1. The van der Waals surface area contributed by atoms with E-state index in [-0.39, 0.29) is 12.5 Å². The summed E-state index contributed by atoms with van der Waals surface area (Å²) in [7, 11) is 0. The van der Waals surface area contributed by atoms with Crippen molar-refractivity contribution in [2.75, 3.05) is 13.2 Å². The molecule has 0 saturated heterocycles. The highest BCUT2D eigenvalue weighted by Gasteiger charge is 2.21. The van der Waals surface area contributed by atoms with E-state index in [2.05, 4.69) is 24.1 Å². The van der Waals surface area contributed by atoms with Gasteiger partial charge in [-0.05, 0) is 24.3 Å². The summed E-state index contributed by atoms with van der Waals surface area (Å²) >= 11 is 1.43. The first-order valence-electron chi connectivity index (χ1n) is 7.17. The molecule has 0 radical (unpaired) electrons. The minimum Gasteiger partial charge on any atom is -0.384 e. The fraction of sp³-hybridized carbons (Fsp3) is 0.562. The van der Waals surface area contributed by atoms with E-state index in [4.69, 9.17) is 5.11 Å². The average molecular weight is 291 g/mol. The minimum absolute atomic E-state index is 0.0175. The smallest absolute Gasteiger partial charge is 0.252 e. The van der Waals surface area contributed by atoms with Crippen LogP contribution in [0.4, 0.5) is 0 Å². The van der Waals surface area contributed by atoms with Crippen molar-refractivity contribution < 1.29 is 9.90 Å². The van der Waals surface area contributed by atoms with Gasteiger partial charge in [-0.2, -0.15) is 0 Å². The minimum atomic E-state index is -0.154. The molecular formula is C16H21NO2S. The first kappa shape index (κ1) is 15.1. The second-order valence-corrected chi connectivity index (χ2v) is 6.30. The maximum atomic E-state index is 12.1. The van der Waals surface area contributed by atoms with Gasteiger partial charge in [-0.25, -0.2) is 0 Å². The van der Waals surface area contributed by atoms with Crippen LogP contribution in [-0.4, -0.2) is 24.2 Å². The van der Waals surface area contributed by atoms with Gasteiger partial charge in [0.25, 0.3) is 5.91 Å². The molecule has 108 valence electrons. The van der Waals surface area contributed by atoms with Crippen molar-refractivity contribution in [3.63, 3.8) is 0 Å². The third-order valence-electron chi connectivity index (χ3n) is 3.97. The number of amides is 1. The van der Waals surface area contributed by atoms with E-state index in [0.29, 0.717) is 17.4 Å². The van der Waals surface area contributed by atoms with Gasteiger partial charge in [0.15, 0.2) is 0 Å². The SMILES string of the molecule is CC1CCCCC1CNC(=O)c1csc(C#CCO)c1. The van der Waals surface area contributed by atoms with Crippen molar-refractivity contribution >= 4 is 17.2 Å². The lowest BCUT2D eigenvalue weighted by atomic mass is 9.80. The molecule has 2 N–H and O–H groups in total. The van der Waals surface area contributed by atoms with Gasteiger partial charge < -0.3 is 10.4 Å². The molecule has 1 aromatic heterocycles. The maximum Gasteiger partial charge on any atom is 0.252 e. The standard InChI is InChI=1S/C16H21NO2S/c1-12-5-2-3-6-13(12)10-17-16(19)14-9-15(20-11-14)7-4-8-18/h9,11-13,18H,2-3,5-6,8,10H2,1H3,(H,17,19). The number of hydrogen-bond donors (Lipinski definition) is 2. The van der Waals surface area contributed by atoms with E-state index < -0.39 is 0 Å². The summed E-state index contributed by atoms with van der Waals surface area (Å²) in [5.41, 5.74) is 0.667. The molecule has 0 spiro atoms. The molecule has 2 atom stereocenters. The first-order chi connectivity index (χ1) is 9.70. The maximum absolute atomic E-state index is 12.1. The Bertz CT molecular complexity index is 512. The Kier molecular flexibility index (Phi) is 5.63. The molecule has 2 unspecified atom stereocenters. The fourth-order valence-corrected chi connectivity index (χ4v) is 3.42. The van der Waals surface area contributed by atoms with Crippen LogP contribution < -0.4 is 5.32 Å². The largest absolute Gasteiger partial charge is 0.384 e. The molecule has 1 aliphatic rings. The summed E-state index contributed by atoms with van der Waals surface area (Å²) in [4.78, 5) is 12.9. The fourth-order valence-electron chi connectivity index (χ4n) is 2.67. The highest BCUT2D eigenvalue weighted by molar-refractivity contribution is 7.10. The number of hydrogen-bond acceptors (Lipinski definition) is 3. The predicted molar refractivity (Wildman–Crippen MR) is 81.7 cm³/mol. The van der Waals surface area contributed by atoms with Crippen molar-refractivity contribution in [3.8, 4) is 11.8 Å². The van der Waals surface area contributed by atoms with E-state index in [1.54, 1.807) is 6.07 Å². The molecule has 0 bridgehead atoms. The highest BCUT2D eigenvalue weighted by atomic mass is 32.1. The average Bonchev–Trinajstić information content (AvgIpc) is 2.93. The Morgan fingerprint density at radius 3 is 3.05 bits per heavy atom. The van der Waals surface area contributed by atoms with Gasteiger partial charge in [-0.1, -0.05) is 38.0 Å². The Morgan fingerprint density at radius 1 is 1.50 bits per heavy atom. The summed E-state index contributed by atoms with van der Waals surface area (Å²) in [6, 6.07) is 1.78. The van der Waals surface area contributed by atoms with Crippen LogP contribution >= 0.6 is 11.3 Å². The molecule has 1 amide bonds. The van der Waals surface area contributed by atoms with Crippen molar-refractivity contribution in [1.29, 1.82) is 0 Å². The summed E-state index contributed by atoms with van der Waals surface area (Å²) in [5.74, 6) is 6.71. The lowest BCUT2D eigenvalue weighted by Gasteiger charge is -2.28. The topological polar surface area (TPSA) is 49.3 Å². The molecule has 3 nitrogen and oxygen atoms in total. The third kappa shape index (κ3) is 4.09. The van der Waals surface area contributed by atoms with Crippen LogP contribution in [0, 0.1) is 23.7 Å². The second kappa shape index (κ2) is 7.47. The zero-order valence-corrected chi connectivity index (χ0v) is 12.6. The molecule has 1 saturated carbocycles.